The summed E-state index contributed by atoms with van der Waals surface area (Å²) in [6, 6.07) is 3.12. The molecule has 1 N–H and O–H groups in total. The monoisotopic (exact) mass is 185 g/mol. The number of urea groups is 1. The Hall–Kier alpha value is -1.29. The van der Waals surface area contributed by atoms with Crippen LogP contribution in [0.5, 0.6) is 0 Å². The normalized spacial score (nSPS) is 9.17. The smallest absolute Gasteiger partial charge is 0.295 e. The molecule has 0 saturated carbocycles. The molecule has 0 spiro atoms. The van der Waals surface area contributed by atoms with Gasteiger partial charge in [0.2, 0.25) is 0 Å². The van der Waals surface area contributed by atoms with Gasteiger partial charge >= 0.3 is 6.03 Å². The molecular weight excluding hydrogens is 178 g/mol. The predicted molar refractivity (Wildman–Crippen MR) is 47.0 cm³/mol. The summed E-state index contributed by atoms with van der Waals surface area (Å²) < 4.78 is 0. The van der Waals surface area contributed by atoms with Crippen LogP contribution < -0.4 is 9.74 Å². The van der Waals surface area contributed by atoms with E-state index in [-0.39, 0.29) is 6.03 Å². The Balaban J connectivity index is 2.78. The minimum atomic E-state index is -0.385. The van der Waals surface area contributed by atoms with Gasteiger partial charge in [-0.25, -0.2) is 9.63 Å². The first-order valence-electron chi connectivity index (χ1n) is 3.30. The fourth-order valence-corrected chi connectivity index (χ4v) is 0.860. The van der Waals surface area contributed by atoms with Gasteiger partial charge in [0.15, 0.2) is 0 Å². The van der Waals surface area contributed by atoms with Crippen LogP contribution in [0.2, 0.25) is 0 Å². The van der Waals surface area contributed by atoms with E-state index in [0.717, 1.165) is 0 Å². The fraction of sp³-hybridized carbons (Fsp3) is 0.143. The topological polar surface area (TPSA) is 45.2 Å². The Morgan fingerprint density at radius 3 is 3.00 bits per heavy atom. The van der Waals surface area contributed by atoms with Crippen LogP contribution in [-0.2, 0) is 0 Å². The third-order valence-electron chi connectivity index (χ3n) is 1.42. The SMILES string of the molecule is CN(C(=O)NCl)c1cccnc1. The molecular formula is C7H8ClN3O. The third kappa shape index (κ3) is 1.85. The van der Waals surface area contributed by atoms with Crippen molar-refractivity contribution < 1.29 is 4.79 Å². The summed E-state index contributed by atoms with van der Waals surface area (Å²) in [7, 11) is 1.61. The largest absolute Gasteiger partial charge is 0.336 e. The lowest BCUT2D eigenvalue weighted by Gasteiger charge is -2.14. The Kier molecular flexibility index (Phi) is 2.88. The molecule has 0 unspecified atom stereocenters. The van der Waals surface area contributed by atoms with Crippen LogP contribution in [0.1, 0.15) is 0 Å². The summed E-state index contributed by atoms with van der Waals surface area (Å²) in [6.45, 7) is 0. The van der Waals surface area contributed by atoms with E-state index in [1.165, 1.54) is 4.90 Å². The highest BCUT2D eigenvalue weighted by Gasteiger charge is 2.07. The lowest BCUT2D eigenvalue weighted by Crippen LogP contribution is -2.32. The number of anilines is 1. The first-order valence-corrected chi connectivity index (χ1v) is 3.68. The standard InChI is InChI=1S/C7H8ClN3O/c1-11(7(12)10-8)6-3-2-4-9-5-6/h2-5H,1H3,(H,10,12). The molecule has 0 radical (unpaired) electrons. The number of halogens is 1. The molecule has 1 aromatic rings. The van der Waals surface area contributed by atoms with Gasteiger partial charge in [-0.1, -0.05) is 0 Å². The van der Waals surface area contributed by atoms with Crippen LogP contribution in [0.25, 0.3) is 0 Å². The summed E-state index contributed by atoms with van der Waals surface area (Å²) in [5.41, 5.74) is 0.690. The molecule has 0 aliphatic carbocycles. The van der Waals surface area contributed by atoms with Gasteiger partial charge in [0.05, 0.1) is 11.9 Å². The lowest BCUT2D eigenvalue weighted by atomic mass is 10.4. The van der Waals surface area contributed by atoms with Gasteiger partial charge in [0.25, 0.3) is 0 Å². The second-order valence-corrected chi connectivity index (χ2v) is 2.36. The van der Waals surface area contributed by atoms with Gasteiger partial charge in [-0.15, -0.1) is 0 Å². The van der Waals surface area contributed by atoms with Crippen LogP contribution in [0.15, 0.2) is 24.5 Å². The average Bonchev–Trinajstić information content (AvgIpc) is 2.17. The number of rotatable bonds is 1. The summed E-state index contributed by atoms with van der Waals surface area (Å²) in [4.78, 5) is 18.2. The zero-order chi connectivity index (χ0) is 8.97. The number of carbonyl (C=O) groups is 1. The second-order valence-electron chi connectivity index (χ2n) is 2.17. The van der Waals surface area contributed by atoms with Crippen molar-refractivity contribution in [1.82, 2.24) is 9.82 Å². The first kappa shape index (κ1) is 8.80. The molecule has 1 aromatic heterocycles. The van der Waals surface area contributed by atoms with Crippen molar-refractivity contribution in [3.8, 4) is 0 Å². The summed E-state index contributed by atoms with van der Waals surface area (Å²) >= 11 is 5.14. The number of hydrogen-bond acceptors (Lipinski definition) is 2. The van der Waals surface area contributed by atoms with E-state index in [1.54, 1.807) is 31.6 Å². The van der Waals surface area contributed by atoms with E-state index in [4.69, 9.17) is 11.8 Å². The zero-order valence-corrected chi connectivity index (χ0v) is 7.25. The van der Waals surface area contributed by atoms with Gasteiger partial charge in [0, 0.05) is 25.0 Å². The highest BCUT2D eigenvalue weighted by atomic mass is 35.5. The Labute approximate surface area is 75.3 Å². The molecule has 0 fully saturated rings. The molecule has 0 aromatic carbocycles. The minimum absolute atomic E-state index is 0.385. The molecule has 0 bridgehead atoms. The molecule has 2 amide bonds. The van der Waals surface area contributed by atoms with Crippen molar-refractivity contribution in [2.45, 2.75) is 0 Å². The first-order chi connectivity index (χ1) is 5.75. The maximum absolute atomic E-state index is 11.0. The molecule has 1 rings (SSSR count). The fourth-order valence-electron chi connectivity index (χ4n) is 0.733. The van der Waals surface area contributed by atoms with Crippen molar-refractivity contribution in [2.24, 2.45) is 0 Å². The van der Waals surface area contributed by atoms with Crippen LogP contribution in [0.3, 0.4) is 0 Å². The molecule has 0 aliphatic rings. The van der Waals surface area contributed by atoms with Crippen molar-refractivity contribution in [2.75, 3.05) is 11.9 Å². The van der Waals surface area contributed by atoms with E-state index in [2.05, 4.69) is 4.98 Å². The van der Waals surface area contributed by atoms with E-state index in [1.807, 2.05) is 4.84 Å². The van der Waals surface area contributed by atoms with Crippen molar-refractivity contribution in [1.29, 1.82) is 0 Å². The van der Waals surface area contributed by atoms with Crippen molar-refractivity contribution in [3.05, 3.63) is 24.5 Å². The predicted octanol–water partition coefficient (Wildman–Crippen LogP) is 1.38. The maximum atomic E-state index is 11.0. The number of nitrogens with zero attached hydrogens (tertiary/aromatic N) is 2. The molecule has 0 atom stereocenters. The maximum Gasteiger partial charge on any atom is 0.336 e. The van der Waals surface area contributed by atoms with E-state index in [9.17, 15) is 4.79 Å². The summed E-state index contributed by atoms with van der Waals surface area (Å²) in [6.07, 6.45) is 3.21. The molecule has 4 nitrogen and oxygen atoms in total. The quantitative estimate of drug-likeness (QED) is 0.672. The van der Waals surface area contributed by atoms with Crippen LogP contribution in [-0.4, -0.2) is 18.1 Å². The highest BCUT2D eigenvalue weighted by molar-refractivity contribution is 6.23. The highest BCUT2D eigenvalue weighted by Crippen LogP contribution is 2.08. The molecule has 1 heterocycles. The van der Waals surface area contributed by atoms with Crippen LogP contribution in [0.4, 0.5) is 10.5 Å². The van der Waals surface area contributed by atoms with E-state index in [0.29, 0.717) is 5.69 Å². The van der Waals surface area contributed by atoms with E-state index >= 15 is 0 Å². The van der Waals surface area contributed by atoms with Crippen molar-refractivity contribution in [3.63, 3.8) is 0 Å². The van der Waals surface area contributed by atoms with Gasteiger partial charge in [0.1, 0.15) is 0 Å². The molecule has 0 saturated heterocycles. The number of amides is 2. The number of carbonyl (C=O) groups excluding carboxylic acids is 1. The van der Waals surface area contributed by atoms with Gasteiger partial charge < -0.3 is 0 Å². The molecule has 5 heteroatoms. The second kappa shape index (κ2) is 3.92. The van der Waals surface area contributed by atoms with Crippen LogP contribution in [0, 0.1) is 0 Å². The van der Waals surface area contributed by atoms with E-state index < -0.39 is 0 Å². The average molecular weight is 186 g/mol. The third-order valence-corrected chi connectivity index (χ3v) is 1.58. The minimum Gasteiger partial charge on any atom is -0.295 e. The molecule has 0 aliphatic heterocycles. The van der Waals surface area contributed by atoms with Gasteiger partial charge in [-0.3, -0.25) is 9.88 Å². The van der Waals surface area contributed by atoms with Gasteiger partial charge in [-0.05, 0) is 12.1 Å². The lowest BCUT2D eigenvalue weighted by molar-refractivity contribution is 0.252. The molecule has 12 heavy (non-hydrogen) atoms. The Morgan fingerprint density at radius 2 is 2.50 bits per heavy atom. The zero-order valence-electron chi connectivity index (χ0n) is 6.49. The Bertz CT molecular complexity index is 265. The van der Waals surface area contributed by atoms with Gasteiger partial charge in [-0.2, -0.15) is 0 Å². The Morgan fingerprint density at radius 1 is 1.75 bits per heavy atom. The number of pyridine rings is 1. The van der Waals surface area contributed by atoms with Crippen LogP contribution >= 0.6 is 11.8 Å². The summed E-state index contributed by atoms with van der Waals surface area (Å²) in [5, 5.41) is 0. The number of hydrogen-bond donors (Lipinski definition) is 1. The van der Waals surface area contributed by atoms with Crippen molar-refractivity contribution >= 4 is 23.5 Å². The summed E-state index contributed by atoms with van der Waals surface area (Å²) in [5.74, 6) is 0. The number of nitrogens with one attached hydrogen (secondary N) is 1. The number of aromatic nitrogens is 1. The molecule has 64 valence electrons.